The second-order valence-electron chi connectivity index (χ2n) is 5.80. The van der Waals surface area contributed by atoms with E-state index in [2.05, 4.69) is 5.32 Å². The molecule has 2 aliphatic rings. The van der Waals surface area contributed by atoms with Gasteiger partial charge >= 0.3 is 12.1 Å². The second kappa shape index (κ2) is 5.47. The molecule has 1 aromatic rings. The minimum absolute atomic E-state index is 0.166. The highest BCUT2D eigenvalue weighted by molar-refractivity contribution is 5.89. The molecule has 0 aromatic heterocycles. The highest BCUT2D eigenvalue weighted by atomic mass is 19.1. The fourth-order valence-electron chi connectivity index (χ4n) is 2.93. The van der Waals surface area contributed by atoms with Gasteiger partial charge in [0.2, 0.25) is 0 Å². The molecule has 1 aromatic carbocycles. The van der Waals surface area contributed by atoms with Crippen molar-refractivity contribution >= 4 is 17.8 Å². The Morgan fingerprint density at radius 1 is 1.32 bits per heavy atom. The van der Waals surface area contributed by atoms with E-state index in [1.54, 1.807) is 29.0 Å². The van der Waals surface area contributed by atoms with Gasteiger partial charge in [0.1, 0.15) is 11.4 Å². The lowest BCUT2D eigenvalue weighted by Gasteiger charge is -2.37. The first kappa shape index (κ1) is 14.6. The summed E-state index contributed by atoms with van der Waals surface area (Å²) >= 11 is 0. The monoisotopic (exact) mass is 307 g/mol. The average molecular weight is 307 g/mol. The Kier molecular flexibility index (Phi) is 3.64. The first-order valence-corrected chi connectivity index (χ1v) is 7.24. The number of anilines is 1. The topological polar surface area (TPSA) is 61.9 Å². The predicted molar refractivity (Wildman–Crippen MR) is 78.1 cm³/mol. The summed E-state index contributed by atoms with van der Waals surface area (Å²) < 4.78 is 19.0. The number of likely N-dealkylation sites (N-methyl/N-ethyl adjacent to an activating group) is 1. The summed E-state index contributed by atoms with van der Waals surface area (Å²) in [6, 6.07) is 5.72. The van der Waals surface area contributed by atoms with Crippen LogP contribution in [0.15, 0.2) is 24.3 Å². The first-order chi connectivity index (χ1) is 10.5. The summed E-state index contributed by atoms with van der Waals surface area (Å²) in [6.45, 7) is 1.50. The third kappa shape index (κ3) is 2.70. The van der Waals surface area contributed by atoms with Gasteiger partial charge in [-0.1, -0.05) is 12.1 Å². The SMILES string of the molecule is CN1CC2(CCN(C(=O)Nc3ccccc3F)CC2)OC1=O. The van der Waals surface area contributed by atoms with Gasteiger partial charge in [0.15, 0.2) is 0 Å². The summed E-state index contributed by atoms with van der Waals surface area (Å²) in [7, 11) is 1.70. The number of carbonyl (C=O) groups is 2. The molecule has 0 bridgehead atoms. The first-order valence-electron chi connectivity index (χ1n) is 7.24. The summed E-state index contributed by atoms with van der Waals surface area (Å²) in [6.07, 6.45) is 0.867. The number of ether oxygens (including phenoxy) is 1. The number of likely N-dealkylation sites (tertiary alicyclic amines) is 1. The molecule has 2 aliphatic heterocycles. The quantitative estimate of drug-likeness (QED) is 0.866. The summed E-state index contributed by atoms with van der Waals surface area (Å²) in [5.74, 6) is -0.462. The summed E-state index contributed by atoms with van der Waals surface area (Å²) in [4.78, 5) is 26.9. The van der Waals surface area contributed by atoms with Crippen LogP contribution in [-0.4, -0.2) is 54.2 Å². The number of benzene rings is 1. The van der Waals surface area contributed by atoms with Crippen LogP contribution >= 0.6 is 0 Å². The molecular formula is C15H18FN3O3. The summed E-state index contributed by atoms with van der Waals surface area (Å²) in [5.41, 5.74) is -0.319. The molecule has 2 fully saturated rings. The molecule has 7 heteroatoms. The number of carbonyl (C=O) groups excluding carboxylic acids is 2. The van der Waals surface area contributed by atoms with Gasteiger partial charge in [-0.05, 0) is 12.1 Å². The molecule has 1 spiro atoms. The van der Waals surface area contributed by atoms with Crippen LogP contribution in [0.4, 0.5) is 19.7 Å². The number of amides is 3. The largest absolute Gasteiger partial charge is 0.441 e. The van der Waals surface area contributed by atoms with E-state index in [1.165, 1.54) is 12.1 Å². The third-order valence-corrected chi connectivity index (χ3v) is 4.22. The van der Waals surface area contributed by atoms with Crippen LogP contribution in [0.3, 0.4) is 0 Å². The number of urea groups is 1. The van der Waals surface area contributed by atoms with Gasteiger partial charge in [0, 0.05) is 33.0 Å². The Balaban J connectivity index is 1.59. The van der Waals surface area contributed by atoms with Gasteiger partial charge in [-0.2, -0.15) is 0 Å². The molecule has 2 heterocycles. The number of rotatable bonds is 1. The van der Waals surface area contributed by atoms with Gasteiger partial charge < -0.3 is 19.9 Å². The Morgan fingerprint density at radius 3 is 2.59 bits per heavy atom. The van der Waals surface area contributed by atoms with Crippen LogP contribution in [0.2, 0.25) is 0 Å². The van der Waals surface area contributed by atoms with Crippen molar-refractivity contribution in [3.05, 3.63) is 30.1 Å². The van der Waals surface area contributed by atoms with Crippen LogP contribution < -0.4 is 5.32 Å². The minimum Gasteiger partial charge on any atom is -0.441 e. The van der Waals surface area contributed by atoms with Crippen molar-refractivity contribution in [3.8, 4) is 0 Å². The minimum atomic E-state index is -0.486. The molecule has 0 aliphatic carbocycles. The maximum Gasteiger partial charge on any atom is 0.410 e. The zero-order valence-electron chi connectivity index (χ0n) is 12.3. The number of nitrogens with one attached hydrogen (secondary N) is 1. The normalized spacial score (nSPS) is 20.2. The molecule has 3 rings (SSSR count). The highest BCUT2D eigenvalue weighted by Gasteiger charge is 2.46. The molecular weight excluding hydrogens is 289 g/mol. The van der Waals surface area contributed by atoms with E-state index in [0.29, 0.717) is 32.5 Å². The van der Waals surface area contributed by atoms with Crippen LogP contribution in [-0.2, 0) is 4.74 Å². The van der Waals surface area contributed by atoms with Crippen molar-refractivity contribution < 1.29 is 18.7 Å². The number of hydrogen-bond acceptors (Lipinski definition) is 3. The predicted octanol–water partition coefficient (Wildman–Crippen LogP) is 2.27. The van der Waals surface area contributed by atoms with Gasteiger partial charge in [-0.3, -0.25) is 0 Å². The summed E-state index contributed by atoms with van der Waals surface area (Å²) in [5, 5.41) is 2.57. The lowest BCUT2D eigenvalue weighted by Crippen LogP contribution is -2.49. The van der Waals surface area contributed by atoms with Crippen molar-refractivity contribution in [2.24, 2.45) is 0 Å². The number of para-hydroxylation sites is 1. The van der Waals surface area contributed by atoms with Crippen molar-refractivity contribution in [2.45, 2.75) is 18.4 Å². The van der Waals surface area contributed by atoms with E-state index in [-0.39, 0.29) is 17.8 Å². The Morgan fingerprint density at radius 2 is 2.00 bits per heavy atom. The molecule has 0 unspecified atom stereocenters. The van der Waals surface area contributed by atoms with Gasteiger partial charge in [-0.15, -0.1) is 0 Å². The molecule has 1 N–H and O–H groups in total. The number of hydrogen-bond donors (Lipinski definition) is 1. The Labute approximate surface area is 127 Å². The second-order valence-corrected chi connectivity index (χ2v) is 5.80. The van der Waals surface area contributed by atoms with Crippen LogP contribution in [0.25, 0.3) is 0 Å². The number of nitrogens with zero attached hydrogens (tertiary/aromatic N) is 2. The third-order valence-electron chi connectivity index (χ3n) is 4.22. The van der Waals surface area contributed by atoms with Crippen LogP contribution in [0, 0.1) is 5.82 Å². The smallest absolute Gasteiger partial charge is 0.410 e. The maximum atomic E-state index is 13.5. The zero-order chi connectivity index (χ0) is 15.7. The standard InChI is InChI=1S/C15H18FN3O3/c1-18-10-15(22-14(18)21)6-8-19(9-7-15)13(20)17-12-5-3-2-4-11(12)16/h2-5H,6-10H2,1H3,(H,17,20). The molecule has 22 heavy (non-hydrogen) atoms. The van der Waals surface area contributed by atoms with Gasteiger partial charge in [-0.25, -0.2) is 14.0 Å². The molecule has 0 atom stereocenters. The van der Waals surface area contributed by atoms with Gasteiger partial charge in [0.25, 0.3) is 0 Å². The molecule has 3 amide bonds. The van der Waals surface area contributed by atoms with Crippen molar-refractivity contribution in [3.63, 3.8) is 0 Å². The van der Waals surface area contributed by atoms with E-state index in [9.17, 15) is 14.0 Å². The van der Waals surface area contributed by atoms with Crippen LogP contribution in [0.1, 0.15) is 12.8 Å². The lowest BCUT2D eigenvalue weighted by atomic mass is 9.91. The van der Waals surface area contributed by atoms with E-state index in [1.807, 2.05) is 0 Å². The molecule has 2 saturated heterocycles. The maximum absolute atomic E-state index is 13.5. The molecule has 118 valence electrons. The fraction of sp³-hybridized carbons (Fsp3) is 0.467. The molecule has 0 radical (unpaired) electrons. The number of halogens is 1. The molecule has 6 nitrogen and oxygen atoms in total. The number of piperidine rings is 1. The van der Waals surface area contributed by atoms with Crippen LogP contribution in [0.5, 0.6) is 0 Å². The highest BCUT2D eigenvalue weighted by Crippen LogP contribution is 2.32. The molecule has 0 saturated carbocycles. The van der Waals surface area contributed by atoms with Gasteiger partial charge in [0.05, 0.1) is 12.2 Å². The lowest BCUT2D eigenvalue weighted by molar-refractivity contribution is 0.0109. The van der Waals surface area contributed by atoms with E-state index >= 15 is 0 Å². The zero-order valence-corrected chi connectivity index (χ0v) is 12.3. The van der Waals surface area contributed by atoms with Crippen molar-refractivity contribution in [2.75, 3.05) is 32.0 Å². The van der Waals surface area contributed by atoms with E-state index in [0.717, 1.165) is 0 Å². The Bertz CT molecular complexity index is 599. The average Bonchev–Trinajstić information content (AvgIpc) is 2.76. The van der Waals surface area contributed by atoms with Crippen molar-refractivity contribution in [1.29, 1.82) is 0 Å². The van der Waals surface area contributed by atoms with E-state index in [4.69, 9.17) is 4.74 Å². The van der Waals surface area contributed by atoms with Crippen molar-refractivity contribution in [1.82, 2.24) is 9.80 Å². The van der Waals surface area contributed by atoms with E-state index < -0.39 is 11.4 Å². The fourth-order valence-corrected chi connectivity index (χ4v) is 2.93. The Hall–Kier alpha value is -2.31.